The summed E-state index contributed by atoms with van der Waals surface area (Å²) >= 11 is 1.37. The number of hydrogen-bond donors (Lipinski definition) is 1. The maximum atomic E-state index is 12.3. The number of aromatic nitrogens is 3. The van der Waals surface area contributed by atoms with Crippen molar-refractivity contribution in [1.82, 2.24) is 14.8 Å². The number of aryl methyl sites for hydroxylation is 1. The number of fused-ring (bicyclic) bond motifs is 1. The van der Waals surface area contributed by atoms with Gasteiger partial charge in [-0.15, -0.1) is 16.8 Å². The van der Waals surface area contributed by atoms with E-state index in [9.17, 15) is 4.79 Å². The summed E-state index contributed by atoms with van der Waals surface area (Å²) in [6, 6.07) is 13.9. The number of rotatable bonds is 6. The van der Waals surface area contributed by atoms with E-state index in [4.69, 9.17) is 0 Å². The summed E-state index contributed by atoms with van der Waals surface area (Å²) in [5, 5.41) is 14.0. The van der Waals surface area contributed by atoms with Crippen molar-refractivity contribution in [1.29, 1.82) is 0 Å². The predicted octanol–water partition coefficient (Wildman–Crippen LogP) is 3.66. The normalized spacial score (nSPS) is 10.7. The van der Waals surface area contributed by atoms with Crippen LogP contribution < -0.4 is 5.32 Å². The average molecular weight is 338 g/mol. The van der Waals surface area contributed by atoms with E-state index in [0.29, 0.717) is 6.54 Å². The SMILES string of the molecule is C=CCn1c(C)nnc1SCC(=O)Nc1cccc2ccccc12. The fraction of sp³-hybridized carbons (Fsp3) is 0.167. The first kappa shape index (κ1) is 16.3. The van der Waals surface area contributed by atoms with E-state index in [-0.39, 0.29) is 11.7 Å². The Balaban J connectivity index is 1.69. The number of benzene rings is 2. The molecule has 0 atom stereocenters. The van der Waals surface area contributed by atoms with Crippen molar-refractivity contribution in [2.45, 2.75) is 18.6 Å². The van der Waals surface area contributed by atoms with Crippen LogP contribution >= 0.6 is 11.8 Å². The van der Waals surface area contributed by atoms with E-state index in [1.54, 1.807) is 6.08 Å². The molecule has 2 aromatic carbocycles. The van der Waals surface area contributed by atoms with Crippen molar-refractivity contribution in [2.75, 3.05) is 11.1 Å². The lowest BCUT2D eigenvalue weighted by atomic mass is 10.1. The number of nitrogens with one attached hydrogen (secondary N) is 1. The molecule has 3 rings (SSSR count). The summed E-state index contributed by atoms with van der Waals surface area (Å²) in [6.45, 7) is 6.25. The van der Waals surface area contributed by atoms with Crippen LogP contribution in [0.1, 0.15) is 5.82 Å². The van der Waals surface area contributed by atoms with Gasteiger partial charge in [-0.25, -0.2) is 0 Å². The lowest BCUT2D eigenvalue weighted by Crippen LogP contribution is -2.15. The van der Waals surface area contributed by atoms with Gasteiger partial charge in [0.05, 0.1) is 5.75 Å². The molecule has 24 heavy (non-hydrogen) atoms. The number of amides is 1. The van der Waals surface area contributed by atoms with E-state index < -0.39 is 0 Å². The molecule has 0 fully saturated rings. The molecule has 0 spiro atoms. The Morgan fingerprint density at radius 1 is 1.25 bits per heavy atom. The first-order chi connectivity index (χ1) is 11.7. The lowest BCUT2D eigenvalue weighted by molar-refractivity contribution is -0.113. The minimum absolute atomic E-state index is 0.0674. The van der Waals surface area contributed by atoms with Gasteiger partial charge in [0.2, 0.25) is 5.91 Å². The van der Waals surface area contributed by atoms with E-state index >= 15 is 0 Å². The lowest BCUT2D eigenvalue weighted by Gasteiger charge is -2.09. The molecule has 3 aromatic rings. The van der Waals surface area contributed by atoms with E-state index in [1.165, 1.54) is 11.8 Å². The molecule has 0 saturated carbocycles. The Hall–Kier alpha value is -2.60. The Morgan fingerprint density at radius 2 is 2.04 bits per heavy atom. The number of anilines is 1. The van der Waals surface area contributed by atoms with Gasteiger partial charge in [0.15, 0.2) is 5.16 Å². The summed E-state index contributed by atoms with van der Waals surface area (Å²) in [4.78, 5) is 12.3. The Labute approximate surface area is 144 Å². The molecular weight excluding hydrogens is 320 g/mol. The molecule has 0 unspecified atom stereocenters. The monoisotopic (exact) mass is 338 g/mol. The van der Waals surface area contributed by atoms with Gasteiger partial charge in [-0.3, -0.25) is 4.79 Å². The third-order valence-corrected chi connectivity index (χ3v) is 4.58. The number of carbonyl (C=O) groups is 1. The molecule has 1 N–H and O–H groups in total. The predicted molar refractivity (Wildman–Crippen MR) is 98.3 cm³/mol. The quantitative estimate of drug-likeness (QED) is 0.550. The molecule has 5 nitrogen and oxygen atoms in total. The molecule has 1 heterocycles. The highest BCUT2D eigenvalue weighted by molar-refractivity contribution is 7.99. The fourth-order valence-electron chi connectivity index (χ4n) is 2.46. The van der Waals surface area contributed by atoms with Gasteiger partial charge in [-0.2, -0.15) is 0 Å². The summed E-state index contributed by atoms with van der Waals surface area (Å²) in [6.07, 6.45) is 1.79. The molecule has 6 heteroatoms. The third kappa shape index (κ3) is 3.49. The molecule has 0 saturated heterocycles. The van der Waals surface area contributed by atoms with Crippen LogP contribution in [0.4, 0.5) is 5.69 Å². The molecular formula is C18H18N4OS. The molecule has 0 aliphatic rings. The van der Waals surface area contributed by atoms with Crippen LogP contribution in [-0.2, 0) is 11.3 Å². The molecule has 122 valence electrons. The van der Waals surface area contributed by atoms with Crippen LogP contribution in [0.15, 0.2) is 60.3 Å². The zero-order valence-electron chi connectivity index (χ0n) is 13.4. The van der Waals surface area contributed by atoms with Gasteiger partial charge in [0.25, 0.3) is 0 Å². The van der Waals surface area contributed by atoms with E-state index in [2.05, 4.69) is 22.1 Å². The molecule has 0 aliphatic carbocycles. The Bertz CT molecular complexity index is 882. The van der Waals surface area contributed by atoms with Gasteiger partial charge in [-0.05, 0) is 18.4 Å². The van der Waals surface area contributed by atoms with Crippen LogP contribution in [0.3, 0.4) is 0 Å². The number of thioether (sulfide) groups is 1. The standard InChI is InChI=1S/C18H18N4OS/c1-3-11-22-13(2)20-21-18(22)24-12-17(23)19-16-10-6-8-14-7-4-5-9-15(14)16/h3-10H,1,11-12H2,2H3,(H,19,23). The second kappa shape index (κ2) is 7.31. The Morgan fingerprint density at radius 3 is 2.88 bits per heavy atom. The largest absolute Gasteiger partial charge is 0.325 e. The van der Waals surface area contributed by atoms with E-state index in [1.807, 2.05) is 54.0 Å². The molecule has 1 aromatic heterocycles. The second-order valence-corrected chi connectivity index (χ2v) is 6.24. The Kier molecular flexibility index (Phi) is 4.96. The smallest absolute Gasteiger partial charge is 0.234 e. The van der Waals surface area contributed by atoms with E-state index in [0.717, 1.165) is 27.4 Å². The maximum Gasteiger partial charge on any atom is 0.234 e. The van der Waals surface area contributed by atoms with Crippen LogP contribution in [0, 0.1) is 6.92 Å². The van der Waals surface area contributed by atoms with Crippen molar-refractivity contribution in [3.8, 4) is 0 Å². The van der Waals surface area contributed by atoms with Crippen molar-refractivity contribution in [3.63, 3.8) is 0 Å². The van der Waals surface area contributed by atoms with Gasteiger partial charge in [0.1, 0.15) is 5.82 Å². The van der Waals surface area contributed by atoms with Crippen molar-refractivity contribution >= 4 is 34.1 Å². The van der Waals surface area contributed by atoms with Crippen LogP contribution in [0.2, 0.25) is 0 Å². The first-order valence-electron chi connectivity index (χ1n) is 7.60. The van der Waals surface area contributed by atoms with Crippen molar-refractivity contribution in [3.05, 3.63) is 60.9 Å². The highest BCUT2D eigenvalue weighted by atomic mass is 32.2. The van der Waals surface area contributed by atoms with Gasteiger partial charge in [-0.1, -0.05) is 54.2 Å². The summed E-state index contributed by atoms with van der Waals surface area (Å²) in [7, 11) is 0. The van der Waals surface area contributed by atoms with Gasteiger partial charge < -0.3 is 9.88 Å². The van der Waals surface area contributed by atoms with Gasteiger partial charge >= 0.3 is 0 Å². The second-order valence-electron chi connectivity index (χ2n) is 5.29. The molecule has 0 radical (unpaired) electrons. The minimum Gasteiger partial charge on any atom is -0.325 e. The summed E-state index contributed by atoms with van der Waals surface area (Å²) < 4.78 is 1.93. The first-order valence-corrected chi connectivity index (χ1v) is 8.58. The number of nitrogens with zero attached hydrogens (tertiary/aromatic N) is 3. The maximum absolute atomic E-state index is 12.3. The van der Waals surface area contributed by atoms with Crippen LogP contribution in [0.5, 0.6) is 0 Å². The highest BCUT2D eigenvalue weighted by Gasteiger charge is 2.11. The van der Waals surface area contributed by atoms with Crippen LogP contribution in [0.25, 0.3) is 10.8 Å². The third-order valence-electron chi connectivity index (χ3n) is 3.61. The minimum atomic E-state index is -0.0674. The fourth-order valence-corrected chi connectivity index (χ4v) is 3.25. The average Bonchev–Trinajstić information content (AvgIpc) is 2.94. The van der Waals surface area contributed by atoms with Crippen molar-refractivity contribution in [2.24, 2.45) is 0 Å². The molecule has 0 aliphatic heterocycles. The number of hydrogen-bond acceptors (Lipinski definition) is 4. The van der Waals surface area contributed by atoms with Gasteiger partial charge in [0, 0.05) is 17.6 Å². The van der Waals surface area contributed by atoms with Crippen LogP contribution in [-0.4, -0.2) is 26.4 Å². The highest BCUT2D eigenvalue weighted by Crippen LogP contribution is 2.23. The van der Waals surface area contributed by atoms with Crippen molar-refractivity contribution < 1.29 is 4.79 Å². The number of allylic oxidation sites excluding steroid dienone is 1. The zero-order valence-corrected chi connectivity index (χ0v) is 14.2. The molecule has 1 amide bonds. The summed E-state index contributed by atoms with van der Waals surface area (Å²) in [5.41, 5.74) is 0.822. The number of carbonyl (C=O) groups excluding carboxylic acids is 1. The summed E-state index contributed by atoms with van der Waals surface area (Å²) in [5.74, 6) is 1.02. The topological polar surface area (TPSA) is 59.8 Å². The molecule has 0 bridgehead atoms. The zero-order chi connectivity index (χ0) is 16.9.